The molecule has 9 heteroatoms. The van der Waals surface area contributed by atoms with E-state index in [1.165, 1.54) is 42.5 Å². The maximum atomic E-state index is 12.7. The van der Waals surface area contributed by atoms with Crippen LogP contribution in [-0.2, 0) is 19.6 Å². The molecule has 1 N–H and O–H groups in total. The molecule has 0 aliphatic carbocycles. The van der Waals surface area contributed by atoms with Crippen molar-refractivity contribution in [2.24, 2.45) is 0 Å². The predicted molar refractivity (Wildman–Crippen MR) is 98.7 cm³/mol. The summed E-state index contributed by atoms with van der Waals surface area (Å²) in [6.45, 7) is 0.362. The smallest absolute Gasteiger partial charge is 0.307 e. The number of ether oxygens (including phenoxy) is 2. The summed E-state index contributed by atoms with van der Waals surface area (Å²) in [7, 11) is -3.73. The van der Waals surface area contributed by atoms with Crippen molar-refractivity contribution in [3.63, 3.8) is 0 Å². The Hall–Kier alpha value is -2.16. The molecule has 0 radical (unpaired) electrons. The van der Waals surface area contributed by atoms with Crippen LogP contribution in [0.2, 0.25) is 5.02 Å². The summed E-state index contributed by atoms with van der Waals surface area (Å²) in [6.07, 6.45) is 0.357. The van der Waals surface area contributed by atoms with Gasteiger partial charge in [-0.2, -0.15) is 0 Å². The quantitative estimate of drug-likeness (QED) is 0.476. The lowest BCUT2D eigenvalue weighted by Gasteiger charge is -2.08. The van der Waals surface area contributed by atoms with Crippen LogP contribution >= 0.6 is 11.6 Å². The highest BCUT2D eigenvalue weighted by Crippen LogP contribution is 2.15. The van der Waals surface area contributed by atoms with Gasteiger partial charge in [0.15, 0.2) is 0 Å². The van der Waals surface area contributed by atoms with E-state index in [4.69, 9.17) is 21.1 Å². The molecule has 0 aliphatic heterocycles. The van der Waals surface area contributed by atoms with E-state index in [0.29, 0.717) is 23.8 Å². The Labute approximate surface area is 162 Å². The van der Waals surface area contributed by atoms with Gasteiger partial charge in [0.25, 0.3) is 0 Å². The molecule has 0 saturated heterocycles. The van der Waals surface area contributed by atoms with E-state index in [-0.39, 0.29) is 30.3 Å². The second kappa shape index (κ2) is 10.2. The molecule has 2 rings (SSSR count). The van der Waals surface area contributed by atoms with Crippen LogP contribution < -0.4 is 9.46 Å². The summed E-state index contributed by atoms with van der Waals surface area (Å²) in [4.78, 5) is 11.7. The zero-order chi connectivity index (χ0) is 19.7. The van der Waals surface area contributed by atoms with Crippen LogP contribution in [0, 0.1) is 5.82 Å². The predicted octanol–water partition coefficient (Wildman–Crippen LogP) is 3.16. The van der Waals surface area contributed by atoms with Gasteiger partial charge in [-0.15, -0.1) is 0 Å². The average Bonchev–Trinajstić information content (AvgIpc) is 2.63. The van der Waals surface area contributed by atoms with Crippen LogP contribution in [0.25, 0.3) is 0 Å². The number of esters is 1. The molecule has 0 aromatic heterocycles. The molecule has 2 aromatic carbocycles. The monoisotopic (exact) mass is 415 g/mol. The largest absolute Gasteiger partial charge is 0.493 e. The van der Waals surface area contributed by atoms with Crippen molar-refractivity contribution < 1.29 is 27.1 Å². The van der Waals surface area contributed by atoms with Crippen molar-refractivity contribution in [2.45, 2.75) is 17.7 Å². The highest BCUT2D eigenvalue weighted by Gasteiger charge is 2.14. The molecule has 0 heterocycles. The number of hydrogen-bond donors (Lipinski definition) is 1. The van der Waals surface area contributed by atoms with Gasteiger partial charge in [0.2, 0.25) is 10.0 Å². The third-order valence-corrected chi connectivity index (χ3v) is 5.06. The standard InChI is InChI=1S/C18H19ClFNO5S/c19-14-3-1-4-17(13-14)27(23,24)21-10-9-18(22)26-12-2-11-25-16-7-5-15(20)6-8-16/h1,3-8,13,21H,2,9-12H2. The lowest BCUT2D eigenvalue weighted by molar-refractivity contribution is -0.143. The van der Waals surface area contributed by atoms with E-state index in [1.54, 1.807) is 6.07 Å². The van der Waals surface area contributed by atoms with Crippen LogP contribution in [0.1, 0.15) is 12.8 Å². The van der Waals surface area contributed by atoms with Gasteiger partial charge in [0, 0.05) is 18.0 Å². The number of rotatable bonds is 10. The van der Waals surface area contributed by atoms with Crippen molar-refractivity contribution in [3.8, 4) is 5.75 Å². The fraction of sp³-hybridized carbons (Fsp3) is 0.278. The lowest BCUT2D eigenvalue weighted by Crippen LogP contribution is -2.27. The Bertz CT molecular complexity index is 858. The van der Waals surface area contributed by atoms with Crippen LogP contribution in [0.3, 0.4) is 0 Å². The molecule has 0 atom stereocenters. The Kier molecular flexibility index (Phi) is 8.02. The number of halogens is 2. The van der Waals surface area contributed by atoms with E-state index in [1.807, 2.05) is 0 Å². The first-order valence-electron chi connectivity index (χ1n) is 8.16. The summed E-state index contributed by atoms with van der Waals surface area (Å²) in [5, 5.41) is 0.306. The van der Waals surface area contributed by atoms with Crippen LogP contribution in [0.5, 0.6) is 5.75 Å². The Morgan fingerprint density at radius 1 is 1.11 bits per heavy atom. The molecular formula is C18H19ClFNO5S. The van der Waals surface area contributed by atoms with Crippen molar-refractivity contribution in [1.82, 2.24) is 4.72 Å². The van der Waals surface area contributed by atoms with E-state index in [9.17, 15) is 17.6 Å². The van der Waals surface area contributed by atoms with E-state index < -0.39 is 16.0 Å². The summed E-state index contributed by atoms with van der Waals surface area (Å²) in [6, 6.07) is 11.4. The van der Waals surface area contributed by atoms with Crippen molar-refractivity contribution in [3.05, 3.63) is 59.4 Å². The number of benzene rings is 2. The number of carbonyl (C=O) groups excluding carboxylic acids is 1. The van der Waals surface area contributed by atoms with Gasteiger partial charge >= 0.3 is 5.97 Å². The highest BCUT2D eigenvalue weighted by atomic mass is 35.5. The Morgan fingerprint density at radius 3 is 2.56 bits per heavy atom. The van der Waals surface area contributed by atoms with Crippen LogP contribution in [0.4, 0.5) is 4.39 Å². The number of hydrogen-bond acceptors (Lipinski definition) is 5. The molecule has 0 amide bonds. The molecule has 2 aromatic rings. The molecule has 27 heavy (non-hydrogen) atoms. The number of carbonyl (C=O) groups is 1. The second-order valence-corrected chi connectivity index (χ2v) is 7.68. The van der Waals surface area contributed by atoms with Gasteiger partial charge in [-0.1, -0.05) is 17.7 Å². The van der Waals surface area contributed by atoms with Crippen LogP contribution in [-0.4, -0.2) is 34.1 Å². The first-order chi connectivity index (χ1) is 12.9. The SMILES string of the molecule is O=C(CCNS(=O)(=O)c1cccc(Cl)c1)OCCCOc1ccc(F)cc1. The van der Waals surface area contributed by atoms with E-state index >= 15 is 0 Å². The van der Waals surface area contributed by atoms with Gasteiger partial charge in [0.05, 0.1) is 24.5 Å². The average molecular weight is 416 g/mol. The molecule has 0 unspecified atom stereocenters. The first-order valence-corrected chi connectivity index (χ1v) is 10.0. The summed E-state index contributed by atoms with van der Waals surface area (Å²) in [5.74, 6) is -0.342. The van der Waals surface area contributed by atoms with E-state index in [0.717, 1.165) is 0 Å². The van der Waals surface area contributed by atoms with Crippen molar-refractivity contribution in [1.29, 1.82) is 0 Å². The van der Waals surface area contributed by atoms with Gasteiger partial charge in [-0.25, -0.2) is 17.5 Å². The fourth-order valence-electron chi connectivity index (χ4n) is 2.04. The Balaban J connectivity index is 1.61. The van der Waals surface area contributed by atoms with Crippen molar-refractivity contribution >= 4 is 27.6 Å². The third kappa shape index (κ3) is 7.54. The minimum atomic E-state index is -3.73. The maximum absolute atomic E-state index is 12.7. The fourth-order valence-corrected chi connectivity index (χ4v) is 3.38. The minimum Gasteiger partial charge on any atom is -0.493 e. The van der Waals surface area contributed by atoms with Gasteiger partial charge in [0.1, 0.15) is 11.6 Å². The summed E-state index contributed by atoms with van der Waals surface area (Å²) >= 11 is 5.77. The molecular weight excluding hydrogens is 397 g/mol. The zero-order valence-corrected chi connectivity index (χ0v) is 15.9. The lowest BCUT2D eigenvalue weighted by atomic mass is 10.3. The first kappa shape index (κ1) is 21.1. The highest BCUT2D eigenvalue weighted by molar-refractivity contribution is 7.89. The number of nitrogens with one attached hydrogen (secondary N) is 1. The topological polar surface area (TPSA) is 81.7 Å². The normalized spacial score (nSPS) is 11.2. The molecule has 0 bridgehead atoms. The van der Waals surface area contributed by atoms with Gasteiger partial charge in [-0.3, -0.25) is 4.79 Å². The molecule has 0 fully saturated rings. The molecule has 0 aliphatic rings. The third-order valence-electron chi connectivity index (χ3n) is 3.36. The summed E-state index contributed by atoms with van der Waals surface area (Å²) in [5.41, 5.74) is 0. The van der Waals surface area contributed by atoms with Crippen molar-refractivity contribution in [2.75, 3.05) is 19.8 Å². The van der Waals surface area contributed by atoms with Crippen LogP contribution in [0.15, 0.2) is 53.4 Å². The Morgan fingerprint density at radius 2 is 1.85 bits per heavy atom. The molecule has 6 nitrogen and oxygen atoms in total. The van der Waals surface area contributed by atoms with E-state index in [2.05, 4.69) is 4.72 Å². The minimum absolute atomic E-state index is 0.0290. The van der Waals surface area contributed by atoms with Gasteiger partial charge < -0.3 is 9.47 Å². The molecule has 0 saturated carbocycles. The molecule has 0 spiro atoms. The zero-order valence-electron chi connectivity index (χ0n) is 14.4. The summed E-state index contributed by atoms with van der Waals surface area (Å²) < 4.78 is 49.6. The molecule has 146 valence electrons. The maximum Gasteiger partial charge on any atom is 0.307 e. The second-order valence-electron chi connectivity index (χ2n) is 5.48. The van der Waals surface area contributed by atoms with Gasteiger partial charge in [-0.05, 0) is 42.5 Å². The number of sulfonamides is 1.